The smallest absolute Gasteiger partial charge is 0.250 e. The van der Waals surface area contributed by atoms with Crippen molar-refractivity contribution in [3.63, 3.8) is 0 Å². The maximum absolute atomic E-state index is 13.3. The highest BCUT2D eigenvalue weighted by molar-refractivity contribution is 5.83. The number of aromatic amines is 1. The van der Waals surface area contributed by atoms with Gasteiger partial charge in [-0.2, -0.15) is 0 Å². The van der Waals surface area contributed by atoms with E-state index >= 15 is 0 Å². The number of aryl methyl sites for hydroxylation is 1. The van der Waals surface area contributed by atoms with Gasteiger partial charge in [0.25, 0.3) is 5.56 Å². The summed E-state index contributed by atoms with van der Waals surface area (Å²) in [5.74, 6) is 0.555. The second kappa shape index (κ2) is 10.6. The third-order valence-corrected chi connectivity index (χ3v) is 5.09. The Kier molecular flexibility index (Phi) is 7.65. The van der Waals surface area contributed by atoms with E-state index in [1.165, 1.54) is 12.1 Å². The number of benzene rings is 1. The van der Waals surface area contributed by atoms with E-state index in [1.54, 1.807) is 16.7 Å². The van der Waals surface area contributed by atoms with E-state index in [1.807, 2.05) is 32.2 Å². The minimum absolute atomic E-state index is 0.0496. The summed E-state index contributed by atoms with van der Waals surface area (Å²) in [7, 11) is 0. The minimum atomic E-state index is -0.233. The number of halogens is 1. The molecule has 0 aliphatic heterocycles. The first kappa shape index (κ1) is 21.6. The molecule has 0 aliphatic carbocycles. The van der Waals surface area contributed by atoms with Crippen LogP contribution in [0.15, 0.2) is 52.4 Å². The number of unbranched alkanes of at least 4 members (excludes halogenated alkanes) is 1. The summed E-state index contributed by atoms with van der Waals surface area (Å²) in [6.07, 6.45) is 4.56. The zero-order chi connectivity index (χ0) is 21.3. The number of H-pyrrole nitrogens is 1. The van der Waals surface area contributed by atoms with E-state index in [4.69, 9.17) is 0 Å². The van der Waals surface area contributed by atoms with Gasteiger partial charge in [0.2, 0.25) is 0 Å². The van der Waals surface area contributed by atoms with Gasteiger partial charge in [-0.1, -0.05) is 6.07 Å². The van der Waals surface area contributed by atoms with Crippen LogP contribution in [0.2, 0.25) is 0 Å². The summed E-state index contributed by atoms with van der Waals surface area (Å²) in [6.45, 7) is 6.92. The van der Waals surface area contributed by atoms with Crippen molar-refractivity contribution in [3.05, 3.63) is 70.0 Å². The molecule has 0 bridgehead atoms. The number of fused-ring (bicyclic) bond motifs is 1. The highest BCUT2D eigenvalue weighted by atomic mass is 19.1. The van der Waals surface area contributed by atoms with Crippen LogP contribution in [0.5, 0.6) is 0 Å². The van der Waals surface area contributed by atoms with E-state index in [2.05, 4.69) is 20.6 Å². The van der Waals surface area contributed by atoms with E-state index in [-0.39, 0.29) is 11.4 Å². The monoisotopic (exact) mass is 411 g/mol. The van der Waals surface area contributed by atoms with Crippen LogP contribution in [-0.4, -0.2) is 35.1 Å². The molecule has 0 fully saturated rings. The molecule has 1 aromatic carbocycles. The summed E-state index contributed by atoms with van der Waals surface area (Å²) in [5, 5.41) is 7.67. The molecule has 0 aliphatic rings. The fourth-order valence-electron chi connectivity index (χ4n) is 3.51. The van der Waals surface area contributed by atoms with Gasteiger partial charge in [-0.05, 0) is 62.9 Å². The van der Waals surface area contributed by atoms with Crippen molar-refractivity contribution in [3.8, 4) is 0 Å². The van der Waals surface area contributed by atoms with Gasteiger partial charge in [-0.3, -0.25) is 9.79 Å². The standard InChI is InChI=1S/C23H30FN5O/c1-3-25-23(26-12-4-5-14-29-17(2)7-6-8-22(29)30)27-13-11-18-16-28-21-15-19(24)9-10-20(18)21/h6-10,15-16,28H,3-5,11-14H2,1-2H3,(H2,25,26,27). The minimum Gasteiger partial charge on any atom is -0.361 e. The molecule has 6 nitrogen and oxygen atoms in total. The Morgan fingerprint density at radius 2 is 2.07 bits per heavy atom. The Balaban J connectivity index is 1.46. The van der Waals surface area contributed by atoms with Gasteiger partial charge in [0.05, 0.1) is 0 Å². The lowest BCUT2D eigenvalue weighted by molar-refractivity contribution is 0.585. The lowest BCUT2D eigenvalue weighted by Gasteiger charge is -2.11. The largest absolute Gasteiger partial charge is 0.361 e. The Labute approximate surface area is 176 Å². The summed E-state index contributed by atoms with van der Waals surface area (Å²) in [5.41, 5.74) is 3.00. The van der Waals surface area contributed by atoms with Crippen molar-refractivity contribution in [2.45, 2.75) is 39.7 Å². The maximum atomic E-state index is 13.3. The van der Waals surface area contributed by atoms with Gasteiger partial charge in [-0.25, -0.2) is 4.39 Å². The second-order valence-corrected chi connectivity index (χ2v) is 7.31. The topological polar surface area (TPSA) is 74.2 Å². The quantitative estimate of drug-likeness (QED) is 0.287. The number of pyridine rings is 1. The molecule has 7 heteroatoms. The summed E-state index contributed by atoms with van der Waals surface area (Å²) in [6, 6.07) is 10.2. The number of guanidine groups is 1. The van der Waals surface area contributed by atoms with Crippen LogP contribution in [0.4, 0.5) is 4.39 Å². The predicted octanol–water partition coefficient (Wildman–Crippen LogP) is 3.36. The molecule has 0 spiro atoms. The van der Waals surface area contributed by atoms with Crippen molar-refractivity contribution in [1.29, 1.82) is 0 Å². The molecule has 0 amide bonds. The lowest BCUT2D eigenvalue weighted by atomic mass is 10.1. The molecule has 0 saturated carbocycles. The van der Waals surface area contributed by atoms with Gasteiger partial charge in [0.1, 0.15) is 5.82 Å². The Hall–Kier alpha value is -3.09. The normalized spacial score (nSPS) is 11.8. The number of hydrogen-bond acceptors (Lipinski definition) is 2. The Morgan fingerprint density at radius 1 is 1.20 bits per heavy atom. The van der Waals surface area contributed by atoms with Gasteiger partial charge in [0, 0.05) is 55.0 Å². The van der Waals surface area contributed by atoms with Crippen LogP contribution >= 0.6 is 0 Å². The Morgan fingerprint density at radius 3 is 2.87 bits per heavy atom. The number of aromatic nitrogens is 2. The van der Waals surface area contributed by atoms with E-state index < -0.39 is 0 Å². The third kappa shape index (κ3) is 5.72. The van der Waals surface area contributed by atoms with E-state index in [0.717, 1.165) is 60.5 Å². The van der Waals surface area contributed by atoms with Crippen LogP contribution in [0, 0.1) is 12.7 Å². The van der Waals surface area contributed by atoms with Crippen molar-refractivity contribution in [2.75, 3.05) is 19.6 Å². The third-order valence-electron chi connectivity index (χ3n) is 5.09. The highest BCUT2D eigenvalue weighted by Gasteiger charge is 2.05. The first-order valence-corrected chi connectivity index (χ1v) is 10.5. The number of aliphatic imine (C=N–C) groups is 1. The maximum Gasteiger partial charge on any atom is 0.250 e. The van der Waals surface area contributed by atoms with Crippen LogP contribution in [0.25, 0.3) is 10.9 Å². The molecule has 2 aromatic heterocycles. The number of rotatable bonds is 9. The molecule has 0 unspecified atom stereocenters. The Bertz CT molecular complexity index is 1050. The van der Waals surface area contributed by atoms with Crippen molar-refractivity contribution in [2.24, 2.45) is 4.99 Å². The molecular formula is C23H30FN5O. The van der Waals surface area contributed by atoms with Gasteiger partial charge in [0.15, 0.2) is 5.96 Å². The molecule has 0 radical (unpaired) electrons. The van der Waals surface area contributed by atoms with Crippen molar-refractivity contribution in [1.82, 2.24) is 20.2 Å². The van der Waals surface area contributed by atoms with Crippen molar-refractivity contribution >= 4 is 16.9 Å². The van der Waals surface area contributed by atoms with Gasteiger partial charge in [-0.15, -0.1) is 0 Å². The second-order valence-electron chi connectivity index (χ2n) is 7.31. The molecule has 0 saturated heterocycles. The van der Waals surface area contributed by atoms with E-state index in [9.17, 15) is 9.18 Å². The van der Waals surface area contributed by atoms with Crippen molar-refractivity contribution < 1.29 is 4.39 Å². The SMILES string of the molecule is CCNC(=NCCCCn1c(C)cccc1=O)NCCc1c[nH]c2cc(F)ccc12. The average molecular weight is 412 g/mol. The van der Waals surface area contributed by atoms with Gasteiger partial charge < -0.3 is 20.2 Å². The van der Waals surface area contributed by atoms with Crippen LogP contribution in [0.1, 0.15) is 31.0 Å². The highest BCUT2D eigenvalue weighted by Crippen LogP contribution is 2.19. The first-order chi connectivity index (χ1) is 14.6. The summed E-state index contributed by atoms with van der Waals surface area (Å²) < 4.78 is 15.1. The number of nitrogens with one attached hydrogen (secondary N) is 3. The fourth-order valence-corrected chi connectivity index (χ4v) is 3.51. The summed E-state index contributed by atoms with van der Waals surface area (Å²) >= 11 is 0. The first-order valence-electron chi connectivity index (χ1n) is 10.5. The zero-order valence-corrected chi connectivity index (χ0v) is 17.7. The summed E-state index contributed by atoms with van der Waals surface area (Å²) in [4.78, 5) is 19.7. The molecule has 3 aromatic rings. The molecule has 2 heterocycles. The van der Waals surface area contributed by atoms with E-state index in [0.29, 0.717) is 13.1 Å². The molecule has 3 N–H and O–H groups in total. The number of hydrogen-bond donors (Lipinski definition) is 3. The van der Waals surface area contributed by atoms with Crippen LogP contribution in [0.3, 0.4) is 0 Å². The molecule has 3 rings (SSSR count). The average Bonchev–Trinajstić information content (AvgIpc) is 3.11. The molecule has 160 valence electrons. The number of nitrogens with zero attached hydrogens (tertiary/aromatic N) is 2. The fraction of sp³-hybridized carbons (Fsp3) is 0.391. The predicted molar refractivity (Wildman–Crippen MR) is 121 cm³/mol. The van der Waals surface area contributed by atoms with Gasteiger partial charge >= 0.3 is 0 Å². The lowest BCUT2D eigenvalue weighted by Crippen LogP contribution is -2.38. The van der Waals surface area contributed by atoms with Crippen LogP contribution < -0.4 is 16.2 Å². The zero-order valence-electron chi connectivity index (χ0n) is 17.7. The molecular weight excluding hydrogens is 381 g/mol. The van der Waals surface area contributed by atoms with Crippen LogP contribution in [-0.2, 0) is 13.0 Å². The molecule has 0 atom stereocenters. The molecule has 30 heavy (non-hydrogen) atoms.